The molecule has 3 rings (SSSR count). The van der Waals surface area contributed by atoms with Gasteiger partial charge >= 0.3 is 6.18 Å². The van der Waals surface area contributed by atoms with Crippen LogP contribution >= 0.6 is 0 Å². The molecule has 2 aromatic heterocycles. The minimum absolute atomic E-state index is 0.0239. The molecule has 0 spiro atoms. The van der Waals surface area contributed by atoms with Crippen LogP contribution < -0.4 is 4.74 Å². The molecule has 0 radical (unpaired) electrons. The number of aryl methyl sites for hydroxylation is 1. The van der Waals surface area contributed by atoms with Crippen LogP contribution in [0.5, 0.6) is 5.75 Å². The fourth-order valence-corrected chi connectivity index (χ4v) is 6.07. The summed E-state index contributed by atoms with van der Waals surface area (Å²) in [5.41, 5.74) is 0.686. The van der Waals surface area contributed by atoms with Gasteiger partial charge in [-0.2, -0.15) is 13.2 Å². The van der Waals surface area contributed by atoms with Crippen LogP contribution in [-0.4, -0.2) is 82.0 Å². The first-order chi connectivity index (χ1) is 17.5. The molecule has 0 aliphatic carbocycles. The molecule has 2 atom stereocenters. The molecule has 1 fully saturated rings. The third-order valence-electron chi connectivity index (χ3n) is 6.43. The number of hydrogen-bond acceptors (Lipinski definition) is 8. The second-order valence-corrected chi connectivity index (χ2v) is 11.0. The average molecular weight is 546 g/mol. The maximum Gasteiger partial charge on any atom is 0.422 e. The molecule has 2 aromatic rings. The van der Waals surface area contributed by atoms with Gasteiger partial charge in [0.1, 0.15) is 11.6 Å². The van der Waals surface area contributed by atoms with Crippen molar-refractivity contribution in [2.45, 2.75) is 50.7 Å². The number of nitrogens with zero attached hydrogens (tertiary/aromatic N) is 5. The number of rotatable bonds is 12. The van der Waals surface area contributed by atoms with E-state index in [-0.39, 0.29) is 43.5 Å². The second kappa shape index (κ2) is 12.6. The molecular weight excluding hydrogens is 515 g/mol. The molecule has 1 aliphatic rings. The zero-order valence-electron chi connectivity index (χ0n) is 20.3. The monoisotopic (exact) mass is 545 g/mol. The molecule has 37 heavy (non-hydrogen) atoms. The zero-order chi connectivity index (χ0) is 27.1. The van der Waals surface area contributed by atoms with Crippen molar-refractivity contribution in [3.63, 3.8) is 0 Å². The van der Waals surface area contributed by atoms with Gasteiger partial charge in [-0.1, -0.05) is 6.92 Å². The van der Waals surface area contributed by atoms with Gasteiger partial charge in [-0.15, -0.1) is 0 Å². The van der Waals surface area contributed by atoms with Gasteiger partial charge < -0.3 is 4.74 Å². The van der Waals surface area contributed by atoms with E-state index in [9.17, 15) is 31.6 Å². The van der Waals surface area contributed by atoms with Gasteiger partial charge in [-0.05, 0) is 43.4 Å². The molecule has 204 valence electrons. The number of hydrogen-bond donors (Lipinski definition) is 1. The quantitative estimate of drug-likeness (QED) is 0.245. The Labute approximate surface area is 213 Å². The molecule has 14 heteroatoms. The summed E-state index contributed by atoms with van der Waals surface area (Å²) in [5, 5.41) is 10.3. The number of pyridine rings is 1. The van der Waals surface area contributed by atoms with Crippen molar-refractivity contribution < 1.29 is 36.3 Å². The molecule has 0 aromatic carbocycles. The van der Waals surface area contributed by atoms with Gasteiger partial charge in [0.15, 0.2) is 6.61 Å². The van der Waals surface area contributed by atoms with Crippen LogP contribution in [0.1, 0.15) is 43.6 Å². The van der Waals surface area contributed by atoms with E-state index in [2.05, 4.69) is 15.0 Å². The lowest BCUT2D eigenvalue weighted by Crippen LogP contribution is -2.46. The standard InChI is InChI=1S/C23H30F3N5O5S/c1-17(21-5-4-20(13-29-21)36-15-23(24,25)26)18-7-11-30(12-8-18)37(34,35)14-19(31(33)16-32)3-6-22-27-9-2-10-28-22/h2,4-5,9-10,13,16-19,33H,3,6-8,11-12,14-15H2,1H3. The van der Waals surface area contributed by atoms with E-state index in [1.54, 1.807) is 24.5 Å². The van der Waals surface area contributed by atoms with Gasteiger partial charge in [0.2, 0.25) is 16.4 Å². The smallest absolute Gasteiger partial charge is 0.422 e. The van der Waals surface area contributed by atoms with Crippen LogP contribution in [0, 0.1) is 5.92 Å². The fraction of sp³-hybridized carbons (Fsp3) is 0.565. The van der Waals surface area contributed by atoms with Gasteiger partial charge in [-0.3, -0.25) is 15.0 Å². The van der Waals surface area contributed by atoms with E-state index < -0.39 is 34.6 Å². The third kappa shape index (κ3) is 8.61. The molecule has 0 bridgehead atoms. The van der Waals surface area contributed by atoms with Gasteiger partial charge in [0, 0.05) is 43.5 Å². The largest absolute Gasteiger partial charge is 0.483 e. The first-order valence-electron chi connectivity index (χ1n) is 11.8. The van der Waals surface area contributed by atoms with Gasteiger partial charge in [0.05, 0.1) is 18.0 Å². The number of aromatic nitrogens is 3. The Morgan fingerprint density at radius 1 is 1.22 bits per heavy atom. The van der Waals surface area contributed by atoms with E-state index >= 15 is 0 Å². The van der Waals surface area contributed by atoms with Crippen molar-refractivity contribution in [1.82, 2.24) is 24.3 Å². The Morgan fingerprint density at radius 3 is 2.46 bits per heavy atom. The number of ether oxygens (including phenoxy) is 1. The molecule has 0 saturated carbocycles. The number of alkyl halides is 3. The van der Waals surface area contributed by atoms with Crippen LogP contribution in [0.25, 0.3) is 0 Å². The first-order valence-corrected chi connectivity index (χ1v) is 13.4. The lowest BCUT2D eigenvalue weighted by molar-refractivity contribution is -0.158. The summed E-state index contributed by atoms with van der Waals surface area (Å²) in [5.74, 6) is 0.152. The van der Waals surface area contributed by atoms with Crippen LogP contribution in [0.2, 0.25) is 0 Å². The fourth-order valence-electron chi connectivity index (χ4n) is 4.29. The first kappa shape index (κ1) is 28.7. The highest BCUT2D eigenvalue weighted by Crippen LogP contribution is 2.33. The highest BCUT2D eigenvalue weighted by Gasteiger charge is 2.34. The van der Waals surface area contributed by atoms with Crippen molar-refractivity contribution >= 4 is 16.4 Å². The van der Waals surface area contributed by atoms with Crippen molar-refractivity contribution in [3.05, 3.63) is 48.3 Å². The molecule has 1 N–H and O–H groups in total. The van der Waals surface area contributed by atoms with Crippen LogP contribution in [-0.2, 0) is 21.2 Å². The Kier molecular flexibility index (Phi) is 9.79. The van der Waals surface area contributed by atoms with Gasteiger partial charge in [0.25, 0.3) is 0 Å². The molecule has 10 nitrogen and oxygen atoms in total. The van der Waals surface area contributed by atoms with Crippen molar-refractivity contribution in [2.75, 3.05) is 25.4 Å². The van der Waals surface area contributed by atoms with Crippen molar-refractivity contribution in [2.24, 2.45) is 5.92 Å². The average Bonchev–Trinajstić information content (AvgIpc) is 2.89. The minimum Gasteiger partial charge on any atom is -0.483 e. The molecule has 1 aliphatic heterocycles. The lowest BCUT2D eigenvalue weighted by Gasteiger charge is -2.35. The minimum atomic E-state index is -4.43. The Bertz CT molecular complexity index is 1100. The molecule has 3 heterocycles. The molecule has 1 amide bonds. The Morgan fingerprint density at radius 2 is 1.89 bits per heavy atom. The van der Waals surface area contributed by atoms with Crippen molar-refractivity contribution in [1.29, 1.82) is 0 Å². The van der Waals surface area contributed by atoms with E-state index in [1.165, 1.54) is 16.6 Å². The maximum absolute atomic E-state index is 13.1. The number of carbonyl (C=O) groups is 1. The molecule has 1 saturated heterocycles. The van der Waals surface area contributed by atoms with Crippen molar-refractivity contribution in [3.8, 4) is 5.75 Å². The summed E-state index contributed by atoms with van der Waals surface area (Å²) in [6.45, 7) is 1.09. The summed E-state index contributed by atoms with van der Waals surface area (Å²) in [6.07, 6.45) is 1.71. The molecular formula is C23H30F3N5O5S. The van der Waals surface area contributed by atoms with E-state index in [1.807, 2.05) is 6.92 Å². The number of amides is 1. The van der Waals surface area contributed by atoms with Gasteiger partial charge in [-0.25, -0.2) is 27.8 Å². The highest BCUT2D eigenvalue weighted by molar-refractivity contribution is 7.89. The molecule has 2 unspecified atom stereocenters. The van der Waals surface area contributed by atoms with E-state index in [0.717, 1.165) is 0 Å². The van der Waals surface area contributed by atoms with E-state index in [0.29, 0.717) is 35.8 Å². The second-order valence-electron chi connectivity index (χ2n) is 8.97. The van der Waals surface area contributed by atoms with Crippen LogP contribution in [0.15, 0.2) is 36.8 Å². The number of hydroxylamine groups is 2. The topological polar surface area (TPSA) is 126 Å². The van der Waals surface area contributed by atoms with Crippen LogP contribution in [0.3, 0.4) is 0 Å². The van der Waals surface area contributed by atoms with Crippen LogP contribution in [0.4, 0.5) is 13.2 Å². The highest BCUT2D eigenvalue weighted by atomic mass is 32.2. The number of sulfonamides is 1. The summed E-state index contributed by atoms with van der Waals surface area (Å²) in [7, 11) is -3.77. The number of halogens is 3. The maximum atomic E-state index is 13.1. The Balaban J connectivity index is 1.54. The van der Waals surface area contributed by atoms with E-state index in [4.69, 9.17) is 4.74 Å². The third-order valence-corrected chi connectivity index (χ3v) is 8.39. The predicted molar refractivity (Wildman–Crippen MR) is 126 cm³/mol. The summed E-state index contributed by atoms with van der Waals surface area (Å²) < 4.78 is 69.2. The Hall–Kier alpha value is -2.84. The summed E-state index contributed by atoms with van der Waals surface area (Å²) in [6, 6.07) is 3.76. The zero-order valence-corrected chi connectivity index (χ0v) is 21.1. The summed E-state index contributed by atoms with van der Waals surface area (Å²) in [4.78, 5) is 23.5. The normalized spacial score (nSPS) is 17.2. The SMILES string of the molecule is CC(c1ccc(OCC(F)(F)F)cn1)C1CCN(S(=O)(=O)CC(CCc2ncccn2)N(O)C=O)CC1. The number of piperidine rings is 1. The number of carbonyl (C=O) groups excluding carboxylic acids is 1. The lowest BCUT2D eigenvalue weighted by atomic mass is 9.84. The summed E-state index contributed by atoms with van der Waals surface area (Å²) >= 11 is 0. The predicted octanol–water partition coefficient (Wildman–Crippen LogP) is 2.81.